The van der Waals surface area contributed by atoms with Crippen molar-refractivity contribution in [2.45, 2.75) is 26.7 Å². The summed E-state index contributed by atoms with van der Waals surface area (Å²) < 4.78 is 0. The highest BCUT2D eigenvalue weighted by atomic mass is 16.2. The Balaban J connectivity index is 1.57. The molecule has 3 rings (SSSR count). The van der Waals surface area contributed by atoms with Crippen LogP contribution in [0.4, 0.5) is 11.4 Å². The molecule has 2 unspecified atom stereocenters. The summed E-state index contributed by atoms with van der Waals surface area (Å²) in [4.78, 5) is 24.6. The maximum atomic E-state index is 12.4. The van der Waals surface area contributed by atoms with E-state index in [1.807, 2.05) is 55.5 Å². The van der Waals surface area contributed by atoms with Crippen molar-refractivity contribution in [2.75, 3.05) is 10.6 Å². The van der Waals surface area contributed by atoms with Crippen LogP contribution in [0.15, 0.2) is 48.5 Å². The predicted molar refractivity (Wildman–Crippen MR) is 95.9 cm³/mol. The normalized spacial score (nSPS) is 18.8. The molecular formula is C20H22N2O2. The fraction of sp³-hybridized carbons (Fsp3) is 0.300. The molecule has 4 heteroatoms. The van der Waals surface area contributed by atoms with Gasteiger partial charge in [-0.15, -0.1) is 0 Å². The van der Waals surface area contributed by atoms with Gasteiger partial charge in [-0.05, 0) is 43.5 Å². The van der Waals surface area contributed by atoms with Gasteiger partial charge in [-0.25, -0.2) is 0 Å². The van der Waals surface area contributed by atoms with E-state index in [-0.39, 0.29) is 23.7 Å². The van der Waals surface area contributed by atoms with Crippen molar-refractivity contribution in [3.05, 3.63) is 59.7 Å². The van der Waals surface area contributed by atoms with Crippen LogP contribution in [-0.4, -0.2) is 11.8 Å². The number of nitrogens with one attached hydrogen (secondary N) is 2. The smallest absolute Gasteiger partial charge is 0.228 e. The molecule has 4 nitrogen and oxygen atoms in total. The van der Waals surface area contributed by atoms with Crippen molar-refractivity contribution in [3.8, 4) is 0 Å². The van der Waals surface area contributed by atoms with E-state index in [0.717, 1.165) is 28.9 Å². The van der Waals surface area contributed by atoms with Crippen molar-refractivity contribution in [2.24, 2.45) is 11.8 Å². The third kappa shape index (κ3) is 3.65. The topological polar surface area (TPSA) is 58.2 Å². The van der Waals surface area contributed by atoms with Gasteiger partial charge in [-0.3, -0.25) is 9.59 Å². The SMILES string of the molecule is CCc1ccccc1NC(=O)C1CC1C(=O)Nc1ccc(C)cc1. The van der Waals surface area contributed by atoms with Crippen LogP contribution in [0.1, 0.15) is 24.5 Å². The number of amides is 2. The Hall–Kier alpha value is -2.62. The Kier molecular flexibility index (Phi) is 4.65. The fourth-order valence-corrected chi connectivity index (χ4v) is 2.82. The molecule has 0 aliphatic heterocycles. The van der Waals surface area contributed by atoms with Crippen molar-refractivity contribution >= 4 is 23.2 Å². The standard InChI is InChI=1S/C20H22N2O2/c1-3-14-6-4-5-7-18(14)22-20(24)17-12-16(17)19(23)21-15-10-8-13(2)9-11-15/h4-11,16-17H,3,12H2,1-2H3,(H,21,23)(H,22,24). The molecule has 0 heterocycles. The van der Waals surface area contributed by atoms with Gasteiger partial charge in [0.2, 0.25) is 11.8 Å². The summed E-state index contributed by atoms with van der Waals surface area (Å²) >= 11 is 0. The Bertz CT molecular complexity index is 752. The second-order valence-corrected chi connectivity index (χ2v) is 6.30. The Morgan fingerprint density at radius 1 is 0.958 bits per heavy atom. The van der Waals surface area contributed by atoms with Crippen LogP contribution >= 0.6 is 0 Å². The van der Waals surface area contributed by atoms with Gasteiger partial charge in [-0.1, -0.05) is 42.8 Å². The Morgan fingerprint density at radius 3 is 2.25 bits per heavy atom. The predicted octanol–water partition coefficient (Wildman–Crippen LogP) is 3.77. The number of para-hydroxylation sites is 1. The summed E-state index contributed by atoms with van der Waals surface area (Å²) in [6, 6.07) is 15.4. The lowest BCUT2D eigenvalue weighted by Crippen LogP contribution is -2.21. The molecule has 2 aromatic carbocycles. The summed E-state index contributed by atoms with van der Waals surface area (Å²) in [5.74, 6) is -0.622. The van der Waals surface area contributed by atoms with Gasteiger partial charge >= 0.3 is 0 Å². The van der Waals surface area contributed by atoms with Crippen molar-refractivity contribution in [1.82, 2.24) is 0 Å². The molecule has 0 bridgehead atoms. The summed E-state index contributed by atoms with van der Waals surface area (Å²) in [5.41, 5.74) is 3.86. The van der Waals surface area contributed by atoms with Crippen LogP contribution in [0.25, 0.3) is 0 Å². The molecule has 2 aromatic rings. The van der Waals surface area contributed by atoms with Crippen LogP contribution in [-0.2, 0) is 16.0 Å². The maximum Gasteiger partial charge on any atom is 0.228 e. The van der Waals surface area contributed by atoms with Gasteiger partial charge < -0.3 is 10.6 Å². The second kappa shape index (κ2) is 6.87. The van der Waals surface area contributed by atoms with E-state index in [9.17, 15) is 9.59 Å². The third-order valence-electron chi connectivity index (χ3n) is 4.44. The highest BCUT2D eigenvalue weighted by Gasteiger charge is 2.48. The average Bonchev–Trinajstić information content (AvgIpc) is 3.38. The third-order valence-corrected chi connectivity index (χ3v) is 4.44. The first-order chi connectivity index (χ1) is 11.6. The summed E-state index contributed by atoms with van der Waals surface area (Å²) in [7, 11) is 0. The lowest BCUT2D eigenvalue weighted by atomic mass is 10.1. The maximum absolute atomic E-state index is 12.4. The molecule has 1 aliphatic rings. The first-order valence-corrected chi connectivity index (χ1v) is 8.34. The van der Waals surface area contributed by atoms with E-state index in [4.69, 9.17) is 0 Å². The number of anilines is 2. The number of hydrogen-bond acceptors (Lipinski definition) is 2. The first-order valence-electron chi connectivity index (χ1n) is 8.34. The number of hydrogen-bond donors (Lipinski definition) is 2. The molecule has 1 fully saturated rings. The molecule has 2 N–H and O–H groups in total. The largest absolute Gasteiger partial charge is 0.326 e. The van der Waals surface area contributed by atoms with Crippen LogP contribution in [0.2, 0.25) is 0 Å². The van der Waals surface area contributed by atoms with E-state index >= 15 is 0 Å². The molecule has 0 radical (unpaired) electrons. The van der Waals surface area contributed by atoms with E-state index < -0.39 is 0 Å². The minimum Gasteiger partial charge on any atom is -0.326 e. The van der Waals surface area contributed by atoms with Gasteiger partial charge in [0.15, 0.2) is 0 Å². The van der Waals surface area contributed by atoms with Gasteiger partial charge in [0, 0.05) is 11.4 Å². The van der Waals surface area contributed by atoms with Crippen LogP contribution in [0, 0.1) is 18.8 Å². The van der Waals surface area contributed by atoms with Crippen LogP contribution < -0.4 is 10.6 Å². The van der Waals surface area contributed by atoms with Gasteiger partial charge in [0.05, 0.1) is 11.8 Å². The summed E-state index contributed by atoms with van der Waals surface area (Å²) in [6.45, 7) is 4.06. The highest BCUT2D eigenvalue weighted by Crippen LogP contribution is 2.40. The monoisotopic (exact) mass is 322 g/mol. The summed E-state index contributed by atoms with van der Waals surface area (Å²) in [6.07, 6.45) is 1.47. The highest BCUT2D eigenvalue weighted by molar-refractivity contribution is 6.03. The van der Waals surface area contributed by atoms with E-state index in [0.29, 0.717) is 6.42 Å². The molecule has 24 heavy (non-hydrogen) atoms. The molecule has 0 saturated heterocycles. The minimum atomic E-state index is -0.236. The van der Waals surface area contributed by atoms with E-state index in [1.54, 1.807) is 0 Å². The lowest BCUT2D eigenvalue weighted by Gasteiger charge is -2.09. The number of rotatable bonds is 5. The molecule has 1 saturated carbocycles. The molecule has 2 amide bonds. The van der Waals surface area contributed by atoms with Gasteiger partial charge in [0.1, 0.15) is 0 Å². The zero-order valence-electron chi connectivity index (χ0n) is 14.0. The zero-order valence-corrected chi connectivity index (χ0v) is 14.0. The van der Waals surface area contributed by atoms with Gasteiger partial charge in [-0.2, -0.15) is 0 Å². The fourth-order valence-electron chi connectivity index (χ4n) is 2.82. The zero-order chi connectivity index (χ0) is 17.1. The van der Waals surface area contributed by atoms with Crippen molar-refractivity contribution < 1.29 is 9.59 Å². The molecular weight excluding hydrogens is 300 g/mol. The van der Waals surface area contributed by atoms with Crippen molar-refractivity contribution in [3.63, 3.8) is 0 Å². The molecule has 1 aliphatic carbocycles. The molecule has 0 spiro atoms. The van der Waals surface area contributed by atoms with E-state index in [1.165, 1.54) is 0 Å². The molecule has 2 atom stereocenters. The van der Waals surface area contributed by atoms with E-state index in [2.05, 4.69) is 17.6 Å². The molecule has 0 aromatic heterocycles. The summed E-state index contributed by atoms with van der Waals surface area (Å²) in [5, 5.41) is 5.84. The lowest BCUT2D eigenvalue weighted by molar-refractivity contribution is -0.122. The number of aryl methyl sites for hydroxylation is 2. The Morgan fingerprint density at radius 2 is 1.58 bits per heavy atom. The Labute approximate surface area is 142 Å². The van der Waals surface area contributed by atoms with Crippen molar-refractivity contribution in [1.29, 1.82) is 0 Å². The second-order valence-electron chi connectivity index (χ2n) is 6.30. The average molecular weight is 322 g/mol. The number of benzene rings is 2. The van der Waals surface area contributed by atoms with Crippen LogP contribution in [0.5, 0.6) is 0 Å². The molecule has 124 valence electrons. The quantitative estimate of drug-likeness (QED) is 0.880. The first kappa shape index (κ1) is 16.2. The minimum absolute atomic E-state index is 0.0695. The number of carbonyl (C=O) groups is 2. The van der Waals surface area contributed by atoms with Crippen LogP contribution in [0.3, 0.4) is 0 Å². The number of carbonyl (C=O) groups excluding carboxylic acids is 2. The van der Waals surface area contributed by atoms with Gasteiger partial charge in [0.25, 0.3) is 0 Å².